The Bertz CT molecular complexity index is 1120. The molecule has 1 saturated carbocycles. The van der Waals surface area contributed by atoms with Crippen LogP contribution in [0.15, 0.2) is 0 Å². The summed E-state index contributed by atoms with van der Waals surface area (Å²) in [5.74, 6) is -0.112. The third-order valence-corrected chi connectivity index (χ3v) is 12.5. The van der Waals surface area contributed by atoms with E-state index in [0.717, 1.165) is 25.7 Å². The Morgan fingerprint density at radius 1 is 0.433 bits per heavy atom. The van der Waals surface area contributed by atoms with Gasteiger partial charge in [-0.25, -0.2) is 9.78 Å². The summed E-state index contributed by atoms with van der Waals surface area (Å²) < 4.78 is 105. The number of methoxy groups -OCH3 is 3. The van der Waals surface area contributed by atoms with Crippen molar-refractivity contribution in [1.29, 1.82) is 0 Å². The van der Waals surface area contributed by atoms with Crippen LogP contribution in [0.3, 0.4) is 0 Å². The highest BCUT2D eigenvalue weighted by atomic mass is 17.3. The van der Waals surface area contributed by atoms with E-state index in [0.29, 0.717) is 164 Å². The number of fused-ring (bicyclic) bond motifs is 2. The number of hydrogen-bond donors (Lipinski definition) is 0. The molecule has 4 heterocycles. The molecule has 5 fully saturated rings. The van der Waals surface area contributed by atoms with Gasteiger partial charge in [0.1, 0.15) is 0 Å². The molecule has 5 rings (SSSR count). The monoisotopic (exact) mass is 973 g/mol. The molecule has 5 aliphatic rings. The highest BCUT2D eigenvalue weighted by Crippen LogP contribution is 2.60. The van der Waals surface area contributed by atoms with Crippen molar-refractivity contribution in [1.82, 2.24) is 0 Å². The lowest BCUT2D eigenvalue weighted by molar-refractivity contribution is -0.577. The smallest absolute Gasteiger partial charge is 0.201 e. The van der Waals surface area contributed by atoms with Gasteiger partial charge in [-0.2, -0.15) is 0 Å². The molecule has 1 spiro atoms. The van der Waals surface area contributed by atoms with Gasteiger partial charge in [0.15, 0.2) is 18.2 Å². The normalized spacial score (nSPS) is 27.1. The van der Waals surface area contributed by atoms with Gasteiger partial charge in [0.05, 0.1) is 190 Å². The highest BCUT2D eigenvalue weighted by Gasteiger charge is 2.69. The van der Waals surface area contributed by atoms with Crippen molar-refractivity contribution in [3.05, 3.63) is 0 Å². The first kappa shape index (κ1) is 58.8. The van der Waals surface area contributed by atoms with Crippen molar-refractivity contribution in [3.8, 4) is 0 Å². The second-order valence-electron chi connectivity index (χ2n) is 17.7. The fourth-order valence-corrected chi connectivity index (χ4v) is 8.84. The minimum Gasteiger partial charge on any atom is -0.382 e. The minimum atomic E-state index is -0.895. The van der Waals surface area contributed by atoms with Gasteiger partial charge < -0.3 is 85.3 Å². The number of ether oxygens (including phenoxy) is 18. The second-order valence-corrected chi connectivity index (χ2v) is 17.7. The van der Waals surface area contributed by atoms with Crippen LogP contribution in [0.4, 0.5) is 0 Å². The molecular formula is C47H88O20. The van der Waals surface area contributed by atoms with Gasteiger partial charge in [0.25, 0.3) is 0 Å². The maximum atomic E-state index is 6.86. The van der Waals surface area contributed by atoms with Crippen LogP contribution >= 0.6 is 0 Å². The summed E-state index contributed by atoms with van der Waals surface area (Å²) in [4.78, 5) is 12.4. The first-order chi connectivity index (χ1) is 32.8. The molecule has 4 saturated heterocycles. The molecule has 20 nitrogen and oxygen atoms in total. The molecule has 2 bridgehead atoms. The molecule has 1 aliphatic carbocycles. The van der Waals surface area contributed by atoms with E-state index in [1.807, 2.05) is 6.92 Å². The fourth-order valence-electron chi connectivity index (χ4n) is 8.84. The molecule has 20 heteroatoms. The first-order valence-corrected chi connectivity index (χ1v) is 24.5. The van der Waals surface area contributed by atoms with Crippen LogP contribution in [0.25, 0.3) is 0 Å². The van der Waals surface area contributed by atoms with Crippen LogP contribution in [0.2, 0.25) is 0 Å². The standard InChI is InChI=1S/C47H88O20/c1-39-7-8-42-40(2)43(64-44-47(42)41(39)9-10-45(3,65-44)66-67-47)63-38-46(35-60-32-29-57-26-23-54-20-17-51-14-11-48-4,36-61-33-30-58-27-24-55-21-18-52-15-12-49-5)37-62-34-31-59-28-25-56-22-19-53-16-13-50-6/h39-44H,7-38H2,1-6H3/t39-,40-,41+,42+,43?,44-,45-,47-/m1/s1. The molecule has 396 valence electrons. The Kier molecular flexibility index (Phi) is 31.0. The van der Waals surface area contributed by atoms with Crippen LogP contribution in [0.1, 0.15) is 46.5 Å². The average Bonchev–Trinajstić information content (AvgIpc) is 3.56. The summed E-state index contributed by atoms with van der Waals surface area (Å²) in [6.45, 7) is 18.4. The lowest BCUT2D eigenvalue weighted by Crippen LogP contribution is -2.70. The zero-order valence-corrected chi connectivity index (χ0v) is 41.8. The van der Waals surface area contributed by atoms with Crippen molar-refractivity contribution in [2.75, 3.05) is 206 Å². The molecule has 67 heavy (non-hydrogen) atoms. The minimum absolute atomic E-state index is 0.0195. The van der Waals surface area contributed by atoms with Crippen LogP contribution in [0.5, 0.6) is 0 Å². The summed E-state index contributed by atoms with van der Waals surface area (Å²) in [6, 6.07) is 0. The summed E-state index contributed by atoms with van der Waals surface area (Å²) >= 11 is 0. The molecule has 0 radical (unpaired) electrons. The SMILES string of the molecule is COCCOCCOCCOCCOCC(COCCOCCOCCOCCOC)(COCCOCCOCCOCCOC)COC1O[C@@H]2O[C@@]3(C)CC[C@H]4[C@H](C)CC[C@@H]([C@H]1C)[C@@]24OO3. The first-order valence-electron chi connectivity index (χ1n) is 24.5. The van der Waals surface area contributed by atoms with E-state index in [9.17, 15) is 0 Å². The Morgan fingerprint density at radius 2 is 0.806 bits per heavy atom. The molecule has 0 amide bonds. The lowest BCUT2D eigenvalue weighted by Gasteiger charge is -2.60. The summed E-state index contributed by atoms with van der Waals surface area (Å²) in [6.07, 6.45) is 2.50. The van der Waals surface area contributed by atoms with Crippen LogP contribution in [0, 0.1) is 29.1 Å². The largest absolute Gasteiger partial charge is 0.382 e. The zero-order valence-electron chi connectivity index (χ0n) is 41.8. The van der Waals surface area contributed by atoms with Gasteiger partial charge in [-0.15, -0.1) is 0 Å². The van der Waals surface area contributed by atoms with E-state index in [-0.39, 0.29) is 44.2 Å². The van der Waals surface area contributed by atoms with Crippen molar-refractivity contribution in [3.63, 3.8) is 0 Å². The van der Waals surface area contributed by atoms with Crippen molar-refractivity contribution < 1.29 is 95.0 Å². The van der Waals surface area contributed by atoms with Crippen LogP contribution in [-0.2, 0) is 95.0 Å². The Morgan fingerprint density at radius 3 is 1.19 bits per heavy atom. The van der Waals surface area contributed by atoms with E-state index < -0.39 is 29.4 Å². The Labute approximate surface area is 400 Å². The molecule has 1 unspecified atom stereocenters. The zero-order chi connectivity index (χ0) is 47.7. The predicted octanol–water partition coefficient (Wildman–Crippen LogP) is 3.34. The van der Waals surface area contributed by atoms with E-state index in [1.165, 1.54) is 0 Å². The molecule has 0 N–H and O–H groups in total. The third-order valence-electron chi connectivity index (χ3n) is 12.5. The van der Waals surface area contributed by atoms with E-state index in [4.69, 9.17) is 95.0 Å². The maximum Gasteiger partial charge on any atom is 0.201 e. The van der Waals surface area contributed by atoms with Crippen molar-refractivity contribution in [2.45, 2.75) is 70.4 Å². The van der Waals surface area contributed by atoms with Crippen molar-refractivity contribution >= 4 is 0 Å². The number of rotatable bonds is 45. The van der Waals surface area contributed by atoms with E-state index in [1.54, 1.807) is 21.3 Å². The van der Waals surface area contributed by atoms with E-state index in [2.05, 4.69) is 13.8 Å². The van der Waals surface area contributed by atoms with Gasteiger partial charge in [0, 0.05) is 39.6 Å². The van der Waals surface area contributed by atoms with Gasteiger partial charge >= 0.3 is 0 Å². The highest BCUT2D eigenvalue weighted by molar-refractivity contribution is 5.09. The van der Waals surface area contributed by atoms with Gasteiger partial charge in [0.2, 0.25) is 5.79 Å². The topological polar surface area (TPSA) is 185 Å². The van der Waals surface area contributed by atoms with Gasteiger partial charge in [-0.3, -0.25) is 0 Å². The van der Waals surface area contributed by atoms with Gasteiger partial charge in [-0.1, -0.05) is 13.8 Å². The molecule has 0 aromatic heterocycles. The Balaban J connectivity index is 1.34. The quantitative estimate of drug-likeness (QED) is 0.0639. The average molecular weight is 973 g/mol. The number of hydrogen-bond acceptors (Lipinski definition) is 20. The van der Waals surface area contributed by atoms with Gasteiger partial charge in [-0.05, 0) is 38.0 Å². The van der Waals surface area contributed by atoms with Crippen molar-refractivity contribution in [2.24, 2.45) is 29.1 Å². The van der Waals surface area contributed by atoms with Crippen LogP contribution < -0.4 is 0 Å². The maximum absolute atomic E-state index is 6.86. The molecule has 4 aliphatic heterocycles. The molecule has 0 aromatic rings. The summed E-state index contributed by atoms with van der Waals surface area (Å²) in [5, 5.41) is 0. The predicted molar refractivity (Wildman–Crippen MR) is 241 cm³/mol. The van der Waals surface area contributed by atoms with E-state index >= 15 is 0 Å². The third kappa shape index (κ3) is 21.4. The molecule has 0 aromatic carbocycles. The molecular weight excluding hydrogens is 884 g/mol. The summed E-state index contributed by atoms with van der Waals surface area (Å²) in [5.41, 5.74) is -1.45. The summed E-state index contributed by atoms with van der Waals surface area (Å²) in [7, 11) is 4.94. The second kappa shape index (κ2) is 35.3. The molecule has 8 atom stereocenters. The fraction of sp³-hybridized carbons (Fsp3) is 1.00. The lowest BCUT2D eigenvalue weighted by atomic mass is 9.58. The van der Waals surface area contributed by atoms with Crippen LogP contribution in [-0.4, -0.2) is 230 Å². The Hall–Kier alpha value is -0.800.